The van der Waals surface area contributed by atoms with Gasteiger partial charge < -0.3 is 15.0 Å². The van der Waals surface area contributed by atoms with E-state index >= 15 is 0 Å². The Balaban J connectivity index is 1.82. The van der Waals surface area contributed by atoms with E-state index in [1.807, 2.05) is 24.3 Å². The van der Waals surface area contributed by atoms with Crippen LogP contribution in [0.2, 0.25) is 5.02 Å². The van der Waals surface area contributed by atoms with Gasteiger partial charge in [-0.2, -0.15) is 0 Å². The van der Waals surface area contributed by atoms with E-state index in [2.05, 4.69) is 60.4 Å². The number of fused-ring (bicyclic) bond motifs is 1. The molecule has 0 aliphatic carbocycles. The second-order valence-corrected chi connectivity index (χ2v) is 8.27. The molecule has 2 aromatic rings. The lowest BCUT2D eigenvalue weighted by molar-refractivity contribution is 0.348. The second-order valence-electron chi connectivity index (χ2n) is 7.42. The number of anilines is 2. The summed E-state index contributed by atoms with van der Waals surface area (Å²) in [7, 11) is 2.07. The van der Waals surface area contributed by atoms with Gasteiger partial charge in [-0.15, -0.1) is 0 Å². The average Bonchev–Trinajstić information content (AvgIpc) is 3.26. The van der Waals surface area contributed by atoms with Crippen molar-refractivity contribution in [2.24, 2.45) is 4.99 Å². The van der Waals surface area contributed by atoms with Gasteiger partial charge in [0, 0.05) is 34.6 Å². The van der Waals surface area contributed by atoms with Crippen LogP contribution in [0, 0.1) is 0 Å². The first-order chi connectivity index (χ1) is 13.4. The molecule has 0 unspecified atom stereocenters. The smallest absolute Gasteiger partial charge is 0.221 e. The lowest BCUT2D eigenvalue weighted by Gasteiger charge is -2.28. The quantitative estimate of drug-likeness (QED) is 0.557. The van der Waals surface area contributed by atoms with E-state index < -0.39 is 0 Å². The summed E-state index contributed by atoms with van der Waals surface area (Å²) in [5.41, 5.74) is 5.00. The van der Waals surface area contributed by atoms with Crippen molar-refractivity contribution in [3.8, 4) is 0 Å². The van der Waals surface area contributed by atoms with Gasteiger partial charge in [-0.3, -0.25) is 0 Å². The fourth-order valence-electron chi connectivity index (χ4n) is 3.96. The molecule has 0 fully saturated rings. The van der Waals surface area contributed by atoms with Gasteiger partial charge in [0.2, 0.25) is 5.90 Å². The Hall–Kier alpha value is -2.37. The van der Waals surface area contributed by atoms with E-state index in [1.165, 1.54) is 11.3 Å². The third-order valence-electron chi connectivity index (χ3n) is 5.23. The molecule has 28 heavy (non-hydrogen) atoms. The van der Waals surface area contributed by atoms with Crippen LogP contribution in [0.25, 0.3) is 0 Å². The number of nitrogens with one attached hydrogen (secondary N) is 1. The second kappa shape index (κ2) is 7.22. The minimum atomic E-state index is -0.235. The van der Waals surface area contributed by atoms with E-state index in [1.54, 1.807) is 0 Å². The summed E-state index contributed by atoms with van der Waals surface area (Å²) in [4.78, 5) is 7.37. The highest BCUT2D eigenvalue weighted by atomic mass is 35.5. The normalized spacial score (nSPS) is 19.0. The largest absolute Gasteiger partial charge is 0.475 e. The average molecular weight is 412 g/mol. The van der Waals surface area contributed by atoms with Crippen LogP contribution in [0.5, 0.6) is 0 Å². The fourth-order valence-corrected chi connectivity index (χ4v) is 4.39. The van der Waals surface area contributed by atoms with Gasteiger partial charge in [0.1, 0.15) is 11.6 Å². The van der Waals surface area contributed by atoms with E-state index in [9.17, 15) is 0 Å². The summed E-state index contributed by atoms with van der Waals surface area (Å²) in [6.45, 7) is 5.65. The molecule has 2 aliphatic rings. The van der Waals surface area contributed by atoms with Gasteiger partial charge in [-0.25, -0.2) is 4.99 Å². The summed E-state index contributed by atoms with van der Waals surface area (Å²) in [5, 5.41) is 4.02. The molecule has 0 bridgehead atoms. The number of aliphatic imine (C=N–C) groups is 1. The molecule has 0 saturated heterocycles. The maximum Gasteiger partial charge on any atom is 0.221 e. The highest BCUT2D eigenvalue weighted by molar-refractivity contribution is 7.81. The number of likely N-dealkylation sites (N-methyl/N-ethyl adjacent to an activating group) is 1. The molecule has 0 spiro atoms. The molecule has 0 amide bonds. The van der Waals surface area contributed by atoms with Crippen LogP contribution in [0.3, 0.4) is 0 Å². The molecule has 6 heteroatoms. The number of halogens is 1. The first kappa shape index (κ1) is 19.0. The monoisotopic (exact) mass is 411 g/mol. The van der Waals surface area contributed by atoms with Crippen molar-refractivity contribution in [1.82, 2.24) is 0 Å². The van der Waals surface area contributed by atoms with Gasteiger partial charge in [-0.1, -0.05) is 55.9 Å². The van der Waals surface area contributed by atoms with Crippen LogP contribution in [-0.2, 0) is 10.2 Å². The molecule has 2 aliphatic heterocycles. The number of para-hydroxylation sites is 1. The van der Waals surface area contributed by atoms with Crippen LogP contribution in [0.1, 0.15) is 19.4 Å². The number of benzene rings is 2. The Morgan fingerprint density at radius 2 is 1.89 bits per heavy atom. The molecular weight excluding hydrogens is 390 g/mol. The summed E-state index contributed by atoms with van der Waals surface area (Å²) in [6, 6.07) is 15.9. The minimum Gasteiger partial charge on any atom is -0.475 e. The Labute approximate surface area is 175 Å². The third-order valence-corrected chi connectivity index (χ3v) is 5.79. The maximum atomic E-state index is 6.01. The molecule has 1 N–H and O–H groups in total. The lowest BCUT2D eigenvalue weighted by Crippen LogP contribution is -2.32. The number of hydrogen-bond donors (Lipinski definition) is 1. The lowest BCUT2D eigenvalue weighted by atomic mass is 9.82. The Kier molecular flexibility index (Phi) is 4.89. The molecule has 2 aromatic carbocycles. The van der Waals surface area contributed by atoms with E-state index in [4.69, 9.17) is 28.6 Å². The van der Waals surface area contributed by atoms with E-state index in [0.717, 1.165) is 17.0 Å². The Morgan fingerprint density at radius 3 is 2.54 bits per heavy atom. The van der Waals surface area contributed by atoms with Crippen LogP contribution in [-0.4, -0.2) is 31.1 Å². The van der Waals surface area contributed by atoms with Crippen LogP contribution in [0.4, 0.5) is 11.4 Å². The van der Waals surface area contributed by atoms with Gasteiger partial charge in [0.25, 0.3) is 0 Å². The molecule has 4 rings (SSSR count). The SMILES string of the molecule is CN1C(=C(C(=S)Nc2ccc(Cl)cc2)C2=NCCO2)C(C)(C)c2ccccc21. The standard InChI is InChI=1S/C22H22ClN3OS/c1-22(2)16-6-4-5-7-17(16)26(3)19(22)18(20-24-12-13-27-20)21(28)25-15-10-8-14(23)9-11-15/h4-11H,12-13H2,1-3H3,(H,25,28). The highest BCUT2D eigenvalue weighted by Gasteiger charge is 2.42. The first-order valence-electron chi connectivity index (χ1n) is 9.22. The molecule has 0 aromatic heterocycles. The summed E-state index contributed by atoms with van der Waals surface area (Å²) < 4.78 is 5.86. The van der Waals surface area contributed by atoms with Crippen molar-refractivity contribution < 1.29 is 4.74 Å². The van der Waals surface area contributed by atoms with Crippen molar-refractivity contribution in [2.45, 2.75) is 19.3 Å². The minimum absolute atomic E-state index is 0.235. The molecule has 0 radical (unpaired) electrons. The fraction of sp³-hybridized carbons (Fsp3) is 0.273. The van der Waals surface area contributed by atoms with Crippen molar-refractivity contribution in [2.75, 3.05) is 30.4 Å². The maximum absolute atomic E-state index is 6.01. The summed E-state index contributed by atoms with van der Waals surface area (Å²) in [5.74, 6) is 0.606. The zero-order valence-electron chi connectivity index (χ0n) is 16.1. The van der Waals surface area contributed by atoms with Crippen LogP contribution < -0.4 is 10.2 Å². The van der Waals surface area contributed by atoms with Gasteiger partial charge in [0.05, 0.1) is 12.1 Å². The van der Waals surface area contributed by atoms with Gasteiger partial charge in [0.15, 0.2) is 0 Å². The van der Waals surface area contributed by atoms with Crippen molar-refractivity contribution in [1.29, 1.82) is 0 Å². The molecular formula is C22H22ClN3OS. The Bertz CT molecular complexity index is 995. The zero-order valence-corrected chi connectivity index (χ0v) is 17.7. The number of rotatable bonds is 3. The highest BCUT2D eigenvalue weighted by Crippen LogP contribution is 2.48. The van der Waals surface area contributed by atoms with Gasteiger partial charge >= 0.3 is 0 Å². The summed E-state index contributed by atoms with van der Waals surface area (Å²) >= 11 is 11.9. The predicted molar refractivity (Wildman–Crippen MR) is 121 cm³/mol. The van der Waals surface area contributed by atoms with Crippen molar-refractivity contribution >= 4 is 46.1 Å². The van der Waals surface area contributed by atoms with E-state index in [0.29, 0.717) is 29.1 Å². The van der Waals surface area contributed by atoms with Crippen molar-refractivity contribution in [3.63, 3.8) is 0 Å². The van der Waals surface area contributed by atoms with Crippen LogP contribution >= 0.6 is 23.8 Å². The molecule has 144 valence electrons. The van der Waals surface area contributed by atoms with Crippen LogP contribution in [0.15, 0.2) is 64.8 Å². The zero-order chi connectivity index (χ0) is 19.9. The Morgan fingerprint density at radius 1 is 1.18 bits per heavy atom. The van der Waals surface area contributed by atoms with Gasteiger partial charge in [-0.05, 0) is 35.9 Å². The number of nitrogens with zero attached hydrogens (tertiary/aromatic N) is 2. The number of ether oxygens (including phenoxy) is 1. The molecule has 4 nitrogen and oxygen atoms in total. The number of hydrogen-bond acceptors (Lipinski definition) is 4. The number of allylic oxidation sites excluding steroid dienone is 1. The van der Waals surface area contributed by atoms with E-state index in [-0.39, 0.29) is 5.41 Å². The molecule has 2 heterocycles. The predicted octanol–water partition coefficient (Wildman–Crippen LogP) is 5.19. The summed E-state index contributed by atoms with van der Waals surface area (Å²) in [6.07, 6.45) is 0. The molecule has 0 atom stereocenters. The first-order valence-corrected chi connectivity index (χ1v) is 10.0. The molecule has 0 saturated carbocycles. The third kappa shape index (κ3) is 3.19. The topological polar surface area (TPSA) is 36.9 Å². The number of thiocarbonyl (C=S) groups is 1. The van der Waals surface area contributed by atoms with Crippen molar-refractivity contribution in [3.05, 3.63) is 70.4 Å².